The molecule has 0 radical (unpaired) electrons. The predicted molar refractivity (Wildman–Crippen MR) is 113 cm³/mol. The lowest BCUT2D eigenvalue weighted by molar-refractivity contribution is -0.118. The highest BCUT2D eigenvalue weighted by Gasteiger charge is 2.21. The van der Waals surface area contributed by atoms with E-state index in [9.17, 15) is 9.59 Å². The molecule has 0 saturated heterocycles. The number of carbonyl (C=O) groups is 2. The van der Waals surface area contributed by atoms with E-state index < -0.39 is 5.25 Å². The molecule has 1 heterocycles. The van der Waals surface area contributed by atoms with Crippen molar-refractivity contribution in [1.29, 1.82) is 0 Å². The summed E-state index contributed by atoms with van der Waals surface area (Å²) in [7, 11) is 0. The van der Waals surface area contributed by atoms with Crippen molar-refractivity contribution in [3.05, 3.63) is 34.1 Å². The Morgan fingerprint density at radius 1 is 1.18 bits per heavy atom. The van der Waals surface area contributed by atoms with E-state index in [-0.39, 0.29) is 18.2 Å². The molecular weight excluding hydrogens is 421 g/mol. The van der Waals surface area contributed by atoms with Crippen LogP contribution in [0.4, 0.5) is 5.69 Å². The van der Waals surface area contributed by atoms with Gasteiger partial charge >= 0.3 is 0 Å². The van der Waals surface area contributed by atoms with Crippen LogP contribution in [0.25, 0.3) is 0 Å². The van der Waals surface area contributed by atoms with Crippen molar-refractivity contribution >= 4 is 52.5 Å². The first kappa shape index (κ1) is 22.5. The number of aromatic nitrogens is 3. The molecule has 2 amide bonds. The van der Waals surface area contributed by atoms with Crippen LogP contribution < -0.4 is 11.1 Å². The van der Waals surface area contributed by atoms with Gasteiger partial charge in [-0.25, -0.2) is 0 Å². The van der Waals surface area contributed by atoms with Crippen molar-refractivity contribution in [2.45, 2.75) is 50.6 Å². The van der Waals surface area contributed by atoms with E-state index in [0.717, 1.165) is 0 Å². The van der Waals surface area contributed by atoms with Gasteiger partial charge in [0.1, 0.15) is 5.82 Å². The number of primary amides is 1. The van der Waals surface area contributed by atoms with Crippen LogP contribution in [0, 0.1) is 5.92 Å². The lowest BCUT2D eigenvalue weighted by atomic mass is 10.2. The topological polar surface area (TPSA) is 103 Å². The average molecular weight is 444 g/mol. The van der Waals surface area contributed by atoms with Crippen molar-refractivity contribution < 1.29 is 9.59 Å². The fraction of sp³-hybridized carbons (Fsp3) is 0.444. The smallest absolute Gasteiger partial charge is 0.237 e. The Balaban J connectivity index is 2.11. The standard InChI is InChI=1S/C18H23Cl2N5O2S/c1-10(2)9-25-16(5-4-15(21)26)23-24-18(25)28-11(3)17(27)22-14-7-12(19)6-13(20)8-14/h6-8,10-11H,4-5,9H2,1-3H3,(H2,21,26)(H,22,27)/t11-/m1/s1. The quantitative estimate of drug-likeness (QED) is 0.573. The van der Waals surface area contributed by atoms with E-state index >= 15 is 0 Å². The molecule has 0 fully saturated rings. The number of anilines is 1. The zero-order valence-corrected chi connectivity index (χ0v) is 18.2. The van der Waals surface area contributed by atoms with E-state index in [1.807, 2.05) is 4.57 Å². The van der Waals surface area contributed by atoms with Crippen LogP contribution in [-0.2, 0) is 22.6 Å². The van der Waals surface area contributed by atoms with Crippen LogP contribution in [-0.4, -0.2) is 31.8 Å². The second-order valence-corrected chi connectivity index (χ2v) is 8.96. The fourth-order valence-corrected chi connectivity index (χ4v) is 3.86. The Morgan fingerprint density at radius 3 is 2.39 bits per heavy atom. The molecule has 3 N–H and O–H groups in total. The number of hydrogen-bond acceptors (Lipinski definition) is 5. The summed E-state index contributed by atoms with van der Waals surface area (Å²) in [6.45, 7) is 6.61. The Kier molecular flexibility index (Phi) is 8.15. The number of nitrogens with one attached hydrogen (secondary N) is 1. The molecule has 1 aromatic heterocycles. The molecule has 0 aliphatic rings. The zero-order valence-electron chi connectivity index (χ0n) is 15.9. The number of carbonyl (C=O) groups excluding carboxylic acids is 2. The lowest BCUT2D eigenvalue weighted by Crippen LogP contribution is -2.23. The summed E-state index contributed by atoms with van der Waals surface area (Å²) in [6, 6.07) is 4.86. The average Bonchev–Trinajstić information content (AvgIpc) is 2.93. The summed E-state index contributed by atoms with van der Waals surface area (Å²) in [5.74, 6) is 0.437. The molecule has 0 spiro atoms. The first-order chi connectivity index (χ1) is 13.2. The number of halogens is 2. The van der Waals surface area contributed by atoms with E-state index in [4.69, 9.17) is 28.9 Å². The van der Waals surface area contributed by atoms with Gasteiger partial charge in [-0.2, -0.15) is 0 Å². The molecule has 0 bridgehead atoms. The minimum absolute atomic E-state index is 0.201. The van der Waals surface area contributed by atoms with Gasteiger partial charge < -0.3 is 15.6 Å². The first-order valence-corrected chi connectivity index (χ1v) is 10.4. The second kappa shape index (κ2) is 10.1. The predicted octanol–water partition coefficient (Wildman–Crippen LogP) is 3.78. The van der Waals surface area contributed by atoms with Crippen molar-refractivity contribution in [3.63, 3.8) is 0 Å². The van der Waals surface area contributed by atoms with Crippen LogP contribution in [0.3, 0.4) is 0 Å². The SMILES string of the molecule is CC(C)Cn1c(CCC(N)=O)nnc1S[C@H](C)C(=O)Nc1cc(Cl)cc(Cl)c1. The van der Waals surface area contributed by atoms with Crippen molar-refractivity contribution in [2.75, 3.05) is 5.32 Å². The van der Waals surface area contributed by atoms with Crippen molar-refractivity contribution in [1.82, 2.24) is 14.8 Å². The van der Waals surface area contributed by atoms with E-state index in [1.54, 1.807) is 25.1 Å². The van der Waals surface area contributed by atoms with Crippen LogP contribution in [0.15, 0.2) is 23.4 Å². The number of hydrogen-bond donors (Lipinski definition) is 2. The molecule has 0 unspecified atom stereocenters. The maximum atomic E-state index is 12.6. The van der Waals surface area contributed by atoms with Gasteiger partial charge in [0.05, 0.1) is 5.25 Å². The maximum Gasteiger partial charge on any atom is 0.237 e. The number of amides is 2. The molecular formula is C18H23Cl2N5O2S. The van der Waals surface area contributed by atoms with Gasteiger partial charge in [-0.05, 0) is 31.0 Å². The minimum Gasteiger partial charge on any atom is -0.370 e. The monoisotopic (exact) mass is 443 g/mol. The van der Waals surface area contributed by atoms with Crippen LogP contribution >= 0.6 is 35.0 Å². The number of aryl methyl sites for hydroxylation is 1. The third-order valence-corrected chi connectivity index (χ3v) is 5.23. The van der Waals surface area contributed by atoms with Gasteiger partial charge in [0.2, 0.25) is 11.8 Å². The van der Waals surface area contributed by atoms with Gasteiger partial charge in [-0.15, -0.1) is 10.2 Å². The molecule has 0 aliphatic carbocycles. The molecule has 2 rings (SSSR count). The molecule has 0 saturated carbocycles. The highest BCUT2D eigenvalue weighted by Crippen LogP contribution is 2.26. The zero-order chi connectivity index (χ0) is 20.8. The molecule has 1 atom stereocenters. The number of rotatable bonds is 9. The summed E-state index contributed by atoms with van der Waals surface area (Å²) in [4.78, 5) is 23.6. The largest absolute Gasteiger partial charge is 0.370 e. The molecule has 10 heteroatoms. The normalized spacial score (nSPS) is 12.2. The van der Waals surface area contributed by atoms with Gasteiger partial charge in [-0.3, -0.25) is 9.59 Å². The van der Waals surface area contributed by atoms with E-state index in [2.05, 4.69) is 29.4 Å². The number of nitrogens with zero attached hydrogens (tertiary/aromatic N) is 3. The third-order valence-electron chi connectivity index (χ3n) is 3.72. The second-order valence-electron chi connectivity index (χ2n) is 6.78. The van der Waals surface area contributed by atoms with Gasteiger partial charge in [-0.1, -0.05) is 48.8 Å². The summed E-state index contributed by atoms with van der Waals surface area (Å²) in [5.41, 5.74) is 5.77. The molecule has 152 valence electrons. The van der Waals surface area contributed by atoms with Gasteiger partial charge in [0.25, 0.3) is 0 Å². The van der Waals surface area contributed by atoms with Crippen molar-refractivity contribution in [2.24, 2.45) is 11.7 Å². The number of nitrogens with two attached hydrogens (primary N) is 1. The Morgan fingerprint density at radius 2 is 1.82 bits per heavy atom. The van der Waals surface area contributed by atoms with Crippen LogP contribution in [0.1, 0.15) is 33.0 Å². The molecule has 28 heavy (non-hydrogen) atoms. The number of thioether (sulfide) groups is 1. The highest BCUT2D eigenvalue weighted by atomic mass is 35.5. The summed E-state index contributed by atoms with van der Waals surface area (Å²) in [6.07, 6.45) is 0.615. The summed E-state index contributed by atoms with van der Waals surface area (Å²) >= 11 is 13.2. The van der Waals surface area contributed by atoms with Crippen LogP contribution in [0.5, 0.6) is 0 Å². The highest BCUT2D eigenvalue weighted by molar-refractivity contribution is 8.00. The summed E-state index contributed by atoms with van der Waals surface area (Å²) in [5, 5.41) is 12.3. The first-order valence-electron chi connectivity index (χ1n) is 8.79. The maximum absolute atomic E-state index is 12.6. The fourth-order valence-electron chi connectivity index (χ4n) is 2.46. The summed E-state index contributed by atoms with van der Waals surface area (Å²) < 4.78 is 1.94. The Labute approximate surface area is 178 Å². The Hall–Kier alpha value is -1.77. The van der Waals surface area contributed by atoms with Crippen LogP contribution in [0.2, 0.25) is 10.0 Å². The molecule has 0 aliphatic heterocycles. The van der Waals surface area contributed by atoms with Gasteiger partial charge in [0, 0.05) is 35.1 Å². The van der Waals surface area contributed by atoms with E-state index in [1.165, 1.54) is 11.8 Å². The molecule has 1 aromatic carbocycles. The van der Waals surface area contributed by atoms with Crippen molar-refractivity contribution in [3.8, 4) is 0 Å². The third kappa shape index (κ3) is 6.68. The Bertz CT molecular complexity index is 836. The van der Waals surface area contributed by atoms with E-state index in [0.29, 0.717) is 45.6 Å². The minimum atomic E-state index is -0.433. The lowest BCUT2D eigenvalue weighted by Gasteiger charge is -2.15. The van der Waals surface area contributed by atoms with Gasteiger partial charge in [0.15, 0.2) is 5.16 Å². The molecule has 2 aromatic rings. The number of benzene rings is 1. The molecule has 7 nitrogen and oxygen atoms in total.